The van der Waals surface area contributed by atoms with E-state index in [-0.39, 0.29) is 11.7 Å². The standard InChI is InChI=1S/C37H45N3O13/c1-7-27-28(15-31-39(17-25-11-9-8-10-12-25)14-13-26-16-38-20-40(26)31)29(35(45)46-6)18-48-36(27)53-37-34(51-24(5)44)33(50-23(4)43)32(49-22(3)42)30(52-37)19-47-21(2)41/h7-12,16,18,20,27-28,30-34,36-37H,1,13-15,17,19H2,2-6H3/t27-,28+,30-,31+,32-,33+,34-,36+,37+/m1/s1. The lowest BCUT2D eigenvalue weighted by Gasteiger charge is -2.46. The Morgan fingerprint density at radius 1 is 0.925 bits per heavy atom. The first-order chi connectivity index (χ1) is 25.4. The van der Waals surface area contributed by atoms with Gasteiger partial charge >= 0.3 is 29.8 Å². The third kappa shape index (κ3) is 9.49. The van der Waals surface area contributed by atoms with Crippen molar-refractivity contribution >= 4 is 29.8 Å². The molecule has 4 heterocycles. The zero-order valence-corrected chi connectivity index (χ0v) is 30.3. The van der Waals surface area contributed by atoms with Crippen molar-refractivity contribution in [2.45, 2.75) is 90.2 Å². The summed E-state index contributed by atoms with van der Waals surface area (Å²) < 4.78 is 47.7. The Morgan fingerprint density at radius 2 is 1.60 bits per heavy atom. The van der Waals surface area contributed by atoms with Crippen LogP contribution in [0.25, 0.3) is 0 Å². The highest BCUT2D eigenvalue weighted by molar-refractivity contribution is 5.89. The fourth-order valence-corrected chi connectivity index (χ4v) is 7.01. The third-order valence-electron chi connectivity index (χ3n) is 9.25. The summed E-state index contributed by atoms with van der Waals surface area (Å²) in [5, 5.41) is 0. The molecule has 0 unspecified atom stereocenters. The number of fused-ring (bicyclic) bond motifs is 1. The number of rotatable bonds is 13. The molecule has 0 N–H and O–H groups in total. The lowest BCUT2D eigenvalue weighted by Crippen LogP contribution is -2.63. The maximum atomic E-state index is 13.3. The summed E-state index contributed by atoms with van der Waals surface area (Å²) in [5.74, 6) is -4.92. The van der Waals surface area contributed by atoms with Crippen LogP contribution >= 0.6 is 0 Å². The molecule has 1 fully saturated rings. The summed E-state index contributed by atoms with van der Waals surface area (Å²) in [5.41, 5.74) is 2.39. The molecular formula is C37H45N3O13. The van der Waals surface area contributed by atoms with Gasteiger partial charge in [-0.05, 0) is 12.0 Å². The van der Waals surface area contributed by atoms with Gasteiger partial charge in [0.25, 0.3) is 0 Å². The molecule has 2 aromatic rings. The highest BCUT2D eigenvalue weighted by Crippen LogP contribution is 2.42. The molecule has 3 aliphatic rings. The van der Waals surface area contributed by atoms with Crippen LogP contribution in [0.4, 0.5) is 0 Å². The second kappa shape index (κ2) is 17.6. The van der Waals surface area contributed by atoms with Gasteiger partial charge in [0.1, 0.15) is 12.7 Å². The van der Waals surface area contributed by atoms with Crippen molar-refractivity contribution in [3.05, 3.63) is 78.6 Å². The van der Waals surface area contributed by atoms with Crippen LogP contribution in [0.2, 0.25) is 0 Å². The van der Waals surface area contributed by atoms with E-state index in [4.69, 9.17) is 37.9 Å². The fraction of sp³-hybridized carbons (Fsp3) is 0.514. The Labute approximate surface area is 306 Å². The minimum absolute atomic E-state index is 0.241. The average molecular weight is 740 g/mol. The summed E-state index contributed by atoms with van der Waals surface area (Å²) in [6, 6.07) is 10.0. The fourth-order valence-electron chi connectivity index (χ4n) is 7.01. The smallest absolute Gasteiger partial charge is 0.337 e. The predicted molar refractivity (Wildman–Crippen MR) is 182 cm³/mol. The molecule has 0 spiro atoms. The van der Waals surface area contributed by atoms with E-state index in [0.717, 1.165) is 45.0 Å². The molecular weight excluding hydrogens is 694 g/mol. The Balaban J connectivity index is 1.50. The van der Waals surface area contributed by atoms with Crippen molar-refractivity contribution in [2.75, 3.05) is 20.3 Å². The van der Waals surface area contributed by atoms with Crippen LogP contribution in [0.5, 0.6) is 0 Å². The zero-order chi connectivity index (χ0) is 38.2. The number of carbonyl (C=O) groups excluding carboxylic acids is 5. The van der Waals surface area contributed by atoms with Crippen molar-refractivity contribution in [2.24, 2.45) is 11.8 Å². The summed E-state index contributed by atoms with van der Waals surface area (Å²) in [7, 11) is 1.28. The number of esters is 5. The zero-order valence-electron chi connectivity index (χ0n) is 30.3. The van der Waals surface area contributed by atoms with Gasteiger partial charge in [-0.1, -0.05) is 36.4 Å². The molecule has 5 rings (SSSR count). The number of ether oxygens (including phenoxy) is 8. The molecule has 0 saturated carbocycles. The van der Waals surface area contributed by atoms with Gasteiger partial charge < -0.3 is 42.5 Å². The first-order valence-corrected chi connectivity index (χ1v) is 17.2. The van der Waals surface area contributed by atoms with Crippen LogP contribution in [-0.2, 0) is 74.8 Å². The molecule has 0 amide bonds. The van der Waals surface area contributed by atoms with Crippen molar-refractivity contribution in [3.63, 3.8) is 0 Å². The summed E-state index contributed by atoms with van der Waals surface area (Å²) in [6.07, 6.45) is -0.925. The van der Waals surface area contributed by atoms with E-state index >= 15 is 0 Å². The molecule has 0 radical (unpaired) electrons. The molecule has 9 atom stereocenters. The van der Waals surface area contributed by atoms with Gasteiger partial charge in [-0.15, -0.1) is 6.58 Å². The van der Waals surface area contributed by atoms with Crippen molar-refractivity contribution in [1.29, 1.82) is 0 Å². The quantitative estimate of drug-likeness (QED) is 0.166. The van der Waals surface area contributed by atoms with Crippen LogP contribution in [0.1, 0.15) is 51.5 Å². The average Bonchev–Trinajstić information content (AvgIpc) is 3.60. The lowest BCUT2D eigenvalue weighted by molar-refractivity contribution is -0.342. The summed E-state index contributed by atoms with van der Waals surface area (Å²) in [4.78, 5) is 68.7. The van der Waals surface area contributed by atoms with Crippen LogP contribution < -0.4 is 0 Å². The second-order valence-corrected chi connectivity index (χ2v) is 12.9. The van der Waals surface area contributed by atoms with Gasteiger partial charge in [0.05, 0.1) is 31.4 Å². The highest BCUT2D eigenvalue weighted by Gasteiger charge is 2.54. The number of methoxy groups -OCH3 is 1. The SMILES string of the molecule is C=C[C@H]1[C@H](O[C@@H]2O[C@H](COC(C)=O)[C@@H](OC(C)=O)[C@H](OC(C)=O)[C@H]2OC(C)=O)OC=C(C(=O)OC)[C@H]1C[C@H]1N(Cc2ccccc2)CCc2cncn21. The second-order valence-electron chi connectivity index (χ2n) is 12.9. The normalized spacial score (nSPS) is 28.2. The number of imidazole rings is 1. The first-order valence-electron chi connectivity index (χ1n) is 17.2. The van der Waals surface area contributed by atoms with Crippen molar-refractivity contribution < 1.29 is 61.9 Å². The molecule has 16 heteroatoms. The van der Waals surface area contributed by atoms with Crippen molar-refractivity contribution in [1.82, 2.24) is 14.5 Å². The van der Waals surface area contributed by atoms with Gasteiger partial charge in [0, 0.05) is 70.9 Å². The van der Waals surface area contributed by atoms with Gasteiger partial charge in [-0.2, -0.15) is 0 Å². The summed E-state index contributed by atoms with van der Waals surface area (Å²) in [6.45, 7) is 9.56. The first kappa shape index (κ1) is 39.2. The number of hydrogen-bond acceptors (Lipinski definition) is 15. The van der Waals surface area contributed by atoms with Gasteiger partial charge in [0.15, 0.2) is 18.3 Å². The maximum absolute atomic E-state index is 13.3. The van der Waals surface area contributed by atoms with E-state index in [9.17, 15) is 24.0 Å². The van der Waals surface area contributed by atoms with Crippen molar-refractivity contribution in [3.8, 4) is 0 Å². The molecule has 53 heavy (non-hydrogen) atoms. The third-order valence-corrected chi connectivity index (χ3v) is 9.25. The number of carbonyl (C=O) groups is 5. The molecule has 16 nitrogen and oxygen atoms in total. The highest BCUT2D eigenvalue weighted by atomic mass is 16.8. The number of benzene rings is 1. The Hall–Kier alpha value is -5.06. The molecule has 1 aromatic heterocycles. The summed E-state index contributed by atoms with van der Waals surface area (Å²) >= 11 is 0. The van der Waals surface area contributed by atoms with E-state index in [0.29, 0.717) is 13.0 Å². The minimum atomic E-state index is -1.53. The lowest BCUT2D eigenvalue weighted by atomic mass is 9.80. The van der Waals surface area contributed by atoms with E-state index in [2.05, 4.69) is 33.2 Å². The predicted octanol–water partition coefficient (Wildman–Crippen LogP) is 2.76. The molecule has 286 valence electrons. The molecule has 0 aliphatic carbocycles. The minimum Gasteiger partial charge on any atom is -0.471 e. The maximum Gasteiger partial charge on any atom is 0.337 e. The largest absolute Gasteiger partial charge is 0.471 e. The molecule has 1 aromatic carbocycles. The van der Waals surface area contributed by atoms with Gasteiger partial charge in [-0.25, -0.2) is 9.78 Å². The number of nitrogens with zero attached hydrogens (tertiary/aromatic N) is 3. The molecule has 0 bridgehead atoms. The van der Waals surface area contributed by atoms with E-state index in [1.807, 2.05) is 24.4 Å². The van der Waals surface area contributed by atoms with Crippen LogP contribution in [-0.4, -0.2) is 102 Å². The Kier molecular flexibility index (Phi) is 13.0. The van der Waals surface area contributed by atoms with Gasteiger partial charge in [-0.3, -0.25) is 24.1 Å². The Morgan fingerprint density at radius 3 is 2.25 bits per heavy atom. The van der Waals surface area contributed by atoms with E-state index in [1.165, 1.54) is 20.3 Å². The van der Waals surface area contributed by atoms with E-state index in [1.54, 1.807) is 12.4 Å². The Bertz CT molecular complexity index is 1680. The van der Waals surface area contributed by atoms with Crippen LogP contribution in [0.3, 0.4) is 0 Å². The topological polar surface area (TPSA) is 180 Å². The van der Waals surface area contributed by atoms with Crippen LogP contribution in [0, 0.1) is 11.8 Å². The molecule has 1 saturated heterocycles. The number of aromatic nitrogens is 2. The number of hydrogen-bond donors (Lipinski definition) is 0. The van der Waals surface area contributed by atoms with Gasteiger partial charge in [0.2, 0.25) is 12.6 Å². The van der Waals surface area contributed by atoms with E-state index < -0.39 is 85.3 Å². The van der Waals surface area contributed by atoms with Crippen LogP contribution in [0.15, 0.2) is 67.3 Å². The monoisotopic (exact) mass is 739 g/mol. The molecule has 3 aliphatic heterocycles.